The molecule has 1 aromatic carbocycles. The van der Waals surface area contributed by atoms with Crippen LogP contribution in [0.3, 0.4) is 0 Å². The van der Waals surface area contributed by atoms with Gasteiger partial charge in [0, 0.05) is 49.8 Å². The van der Waals surface area contributed by atoms with Gasteiger partial charge in [-0.25, -0.2) is 4.79 Å². The fourth-order valence-corrected chi connectivity index (χ4v) is 4.14. The first kappa shape index (κ1) is 19.0. The lowest BCUT2D eigenvalue weighted by Crippen LogP contribution is -2.45. The van der Waals surface area contributed by atoms with E-state index in [0.717, 1.165) is 18.7 Å². The molecule has 4 rings (SSSR count). The van der Waals surface area contributed by atoms with Gasteiger partial charge in [-0.15, -0.1) is 0 Å². The second-order valence-corrected chi connectivity index (χ2v) is 7.23. The summed E-state index contributed by atoms with van der Waals surface area (Å²) in [5, 5.41) is 2.47. The SMILES string of the molecule is CNC(=O)Oc1ccc2c(c1)[C@]1(C)CCN(C)[C@@H]1N2C.Nc1ccncc1. The molecule has 3 N–H and O–H groups in total. The van der Waals surface area contributed by atoms with Gasteiger partial charge in [0.05, 0.1) is 6.17 Å². The third kappa shape index (κ3) is 3.55. The van der Waals surface area contributed by atoms with Crippen molar-refractivity contribution < 1.29 is 9.53 Å². The van der Waals surface area contributed by atoms with Crippen molar-refractivity contribution in [2.45, 2.75) is 24.9 Å². The molecule has 0 radical (unpaired) electrons. The van der Waals surface area contributed by atoms with Crippen molar-refractivity contribution in [3.8, 4) is 5.75 Å². The number of ether oxygens (including phenoxy) is 1. The Morgan fingerprint density at radius 1 is 1.30 bits per heavy atom. The normalized spacial score (nSPS) is 23.1. The summed E-state index contributed by atoms with van der Waals surface area (Å²) in [5.41, 5.74) is 8.68. The first-order chi connectivity index (χ1) is 12.9. The monoisotopic (exact) mass is 369 g/mol. The first-order valence-electron chi connectivity index (χ1n) is 8.99. The van der Waals surface area contributed by atoms with E-state index in [1.54, 1.807) is 31.6 Å². The highest BCUT2D eigenvalue weighted by molar-refractivity contribution is 5.72. The molecule has 0 unspecified atom stereocenters. The molecule has 0 aliphatic carbocycles. The van der Waals surface area contributed by atoms with Gasteiger partial charge in [-0.1, -0.05) is 6.92 Å². The van der Waals surface area contributed by atoms with Crippen molar-refractivity contribution >= 4 is 17.5 Å². The molecule has 1 aromatic heterocycles. The van der Waals surface area contributed by atoms with Crippen LogP contribution < -0.4 is 20.7 Å². The molecule has 3 heterocycles. The molecule has 0 saturated carbocycles. The molecule has 2 aliphatic rings. The van der Waals surface area contributed by atoms with Gasteiger partial charge in [-0.05, 0) is 49.4 Å². The third-order valence-electron chi connectivity index (χ3n) is 5.42. The van der Waals surface area contributed by atoms with Crippen molar-refractivity contribution in [3.05, 3.63) is 48.3 Å². The Morgan fingerprint density at radius 3 is 2.59 bits per heavy atom. The zero-order valence-electron chi connectivity index (χ0n) is 16.3. The van der Waals surface area contributed by atoms with Gasteiger partial charge in [0.15, 0.2) is 0 Å². The summed E-state index contributed by atoms with van der Waals surface area (Å²) in [4.78, 5) is 19.8. The van der Waals surface area contributed by atoms with Crippen LogP contribution >= 0.6 is 0 Å². The molecule has 144 valence electrons. The fraction of sp³-hybridized carbons (Fsp3) is 0.400. The lowest BCUT2D eigenvalue weighted by Gasteiger charge is -2.32. The smallest absolute Gasteiger partial charge is 0.410 e. The number of nitrogens with one attached hydrogen (secondary N) is 1. The first-order valence-corrected chi connectivity index (χ1v) is 8.99. The van der Waals surface area contributed by atoms with Crippen LogP contribution in [-0.2, 0) is 5.41 Å². The van der Waals surface area contributed by atoms with Gasteiger partial charge < -0.3 is 20.7 Å². The molecule has 27 heavy (non-hydrogen) atoms. The van der Waals surface area contributed by atoms with Crippen LogP contribution in [0, 0.1) is 0 Å². The van der Waals surface area contributed by atoms with Gasteiger partial charge in [0.1, 0.15) is 5.75 Å². The minimum atomic E-state index is -0.429. The Hall–Kier alpha value is -2.80. The Balaban J connectivity index is 0.000000253. The number of carbonyl (C=O) groups excluding carboxylic acids is 1. The number of likely N-dealkylation sites (tertiary alicyclic amines) is 1. The highest BCUT2D eigenvalue weighted by Crippen LogP contribution is 2.51. The molecule has 1 amide bonds. The van der Waals surface area contributed by atoms with E-state index in [-0.39, 0.29) is 5.41 Å². The predicted octanol–water partition coefficient (Wildman–Crippen LogP) is 2.44. The van der Waals surface area contributed by atoms with Crippen LogP contribution in [0.25, 0.3) is 0 Å². The molecule has 7 heteroatoms. The molecule has 7 nitrogen and oxygen atoms in total. The summed E-state index contributed by atoms with van der Waals surface area (Å²) < 4.78 is 5.26. The molecule has 1 saturated heterocycles. The lowest BCUT2D eigenvalue weighted by molar-refractivity contribution is 0.203. The Morgan fingerprint density at radius 2 is 2.00 bits per heavy atom. The quantitative estimate of drug-likeness (QED) is 0.803. The van der Waals surface area contributed by atoms with Crippen LogP contribution in [-0.4, -0.2) is 49.8 Å². The number of nitrogens with two attached hydrogens (primary N) is 1. The number of carbonyl (C=O) groups is 1. The highest BCUT2D eigenvalue weighted by Gasteiger charge is 2.52. The minimum absolute atomic E-state index is 0.0981. The van der Waals surface area contributed by atoms with Crippen LogP contribution in [0.1, 0.15) is 18.9 Å². The largest absolute Gasteiger partial charge is 0.412 e. The Bertz CT molecular complexity index is 813. The summed E-state index contributed by atoms with van der Waals surface area (Å²) in [7, 11) is 5.86. The van der Waals surface area contributed by atoms with Gasteiger partial charge in [0.2, 0.25) is 0 Å². The average Bonchev–Trinajstić information content (AvgIpc) is 3.08. The molecule has 2 aromatic rings. The van der Waals surface area contributed by atoms with Crippen molar-refractivity contribution in [1.29, 1.82) is 0 Å². The van der Waals surface area contributed by atoms with E-state index in [1.807, 2.05) is 18.2 Å². The topological polar surface area (TPSA) is 83.7 Å². The molecule has 2 aliphatic heterocycles. The molecule has 2 atom stereocenters. The maximum atomic E-state index is 11.4. The standard InChI is InChI=1S/C15H21N3O2.C5H6N2/c1-15-7-8-17(3)13(15)18(4)12-6-5-10(9-11(12)15)20-14(19)16-2;6-5-1-3-7-4-2-5/h5-6,9,13H,7-8H2,1-4H3,(H,16,19);1-4H,(H2,6,7)/t13-,15+;/m1./s1. The second-order valence-electron chi connectivity index (χ2n) is 7.23. The van der Waals surface area contributed by atoms with E-state index in [1.165, 1.54) is 11.3 Å². The van der Waals surface area contributed by atoms with Gasteiger partial charge in [-0.3, -0.25) is 9.88 Å². The summed E-state index contributed by atoms with van der Waals surface area (Å²) in [6, 6.07) is 9.42. The summed E-state index contributed by atoms with van der Waals surface area (Å²) in [6.45, 7) is 3.39. The lowest BCUT2D eigenvalue weighted by atomic mass is 9.81. The number of anilines is 2. The predicted molar refractivity (Wildman–Crippen MR) is 107 cm³/mol. The van der Waals surface area contributed by atoms with Gasteiger partial charge in [0.25, 0.3) is 0 Å². The summed E-state index contributed by atoms with van der Waals surface area (Å²) in [5.74, 6) is 0.605. The van der Waals surface area contributed by atoms with Crippen LogP contribution in [0.4, 0.5) is 16.2 Å². The van der Waals surface area contributed by atoms with E-state index in [4.69, 9.17) is 10.5 Å². The fourth-order valence-electron chi connectivity index (χ4n) is 4.14. The van der Waals surface area contributed by atoms with Crippen molar-refractivity contribution in [2.24, 2.45) is 0 Å². The van der Waals surface area contributed by atoms with Crippen LogP contribution in [0.2, 0.25) is 0 Å². The number of amides is 1. The van der Waals surface area contributed by atoms with Crippen molar-refractivity contribution in [3.63, 3.8) is 0 Å². The van der Waals surface area contributed by atoms with Gasteiger partial charge in [-0.2, -0.15) is 0 Å². The number of rotatable bonds is 1. The number of benzene rings is 1. The van der Waals surface area contributed by atoms with E-state index >= 15 is 0 Å². The van der Waals surface area contributed by atoms with Gasteiger partial charge >= 0.3 is 6.09 Å². The highest BCUT2D eigenvalue weighted by atomic mass is 16.5. The number of aromatic nitrogens is 1. The molecule has 0 spiro atoms. The van der Waals surface area contributed by atoms with E-state index in [0.29, 0.717) is 11.9 Å². The van der Waals surface area contributed by atoms with Crippen molar-refractivity contribution in [2.75, 3.05) is 38.3 Å². The number of hydrogen-bond donors (Lipinski definition) is 2. The number of nitrogen functional groups attached to an aromatic ring is 1. The molecular weight excluding hydrogens is 342 g/mol. The van der Waals surface area contributed by atoms with Crippen LogP contribution in [0.5, 0.6) is 5.75 Å². The Labute approximate surface area is 160 Å². The van der Waals surface area contributed by atoms with Crippen molar-refractivity contribution in [1.82, 2.24) is 15.2 Å². The zero-order valence-corrected chi connectivity index (χ0v) is 16.3. The number of pyridine rings is 1. The maximum Gasteiger partial charge on any atom is 0.412 e. The number of nitrogens with zero attached hydrogens (tertiary/aromatic N) is 3. The third-order valence-corrected chi connectivity index (χ3v) is 5.42. The summed E-state index contributed by atoms with van der Waals surface area (Å²) in [6.07, 6.45) is 4.40. The van der Waals surface area contributed by atoms with E-state index < -0.39 is 6.09 Å². The molecule has 0 bridgehead atoms. The number of likely N-dealkylation sites (N-methyl/N-ethyl adjacent to an activating group) is 2. The maximum absolute atomic E-state index is 11.4. The Kier molecular flexibility index (Phi) is 5.23. The minimum Gasteiger partial charge on any atom is -0.410 e. The molecular formula is C20H27N5O2. The van der Waals surface area contributed by atoms with Crippen LogP contribution in [0.15, 0.2) is 42.7 Å². The van der Waals surface area contributed by atoms with E-state index in [9.17, 15) is 4.79 Å². The molecule has 1 fully saturated rings. The number of fused-ring (bicyclic) bond motifs is 3. The zero-order chi connectivity index (χ0) is 19.6. The average molecular weight is 369 g/mol. The number of hydrogen-bond acceptors (Lipinski definition) is 6. The second kappa shape index (κ2) is 7.44. The van der Waals surface area contributed by atoms with E-state index in [2.05, 4.69) is 41.1 Å². The summed E-state index contributed by atoms with van der Waals surface area (Å²) >= 11 is 0.